The number of hydrogen-bond donors (Lipinski definition) is 3. The van der Waals surface area contributed by atoms with Crippen molar-refractivity contribution in [2.24, 2.45) is 22.0 Å². The highest BCUT2D eigenvalue weighted by Crippen LogP contribution is 2.60. The predicted molar refractivity (Wildman–Crippen MR) is 82.0 cm³/mol. The molecule has 6 unspecified atom stereocenters. The van der Waals surface area contributed by atoms with Crippen molar-refractivity contribution in [1.29, 1.82) is 0 Å². The van der Waals surface area contributed by atoms with E-state index in [9.17, 15) is 0 Å². The molecule has 76 valence electrons. The van der Waals surface area contributed by atoms with Crippen molar-refractivity contribution in [2.75, 3.05) is 0 Å². The van der Waals surface area contributed by atoms with E-state index >= 15 is 0 Å². The molecule has 6 N–H and O–H groups in total. The van der Waals surface area contributed by atoms with Crippen LogP contribution in [0.1, 0.15) is 0 Å². The van der Waals surface area contributed by atoms with Crippen LogP contribution in [0, 0.1) is 0 Å². The summed E-state index contributed by atoms with van der Waals surface area (Å²) in [6.07, 6.45) is 3.74. The number of nitrogens with two attached hydrogens (primary N) is 3. The van der Waals surface area contributed by atoms with Gasteiger partial charge in [0.2, 0.25) is 0 Å². The van der Waals surface area contributed by atoms with Gasteiger partial charge in [0.15, 0.2) is 20.8 Å². The van der Waals surface area contributed by atoms with E-state index in [0.29, 0.717) is 8.27 Å². The molecule has 0 heterocycles. The molecule has 0 saturated heterocycles. The Morgan fingerprint density at radius 3 is 2.23 bits per heavy atom. The fourth-order valence-electron chi connectivity index (χ4n) is 0.614. The van der Waals surface area contributed by atoms with Crippen LogP contribution in [0.3, 0.4) is 0 Å². The average molecular weight is 369 g/mol. The Labute approximate surface area is 98.9 Å². The summed E-state index contributed by atoms with van der Waals surface area (Å²) in [6.45, 7) is 3.47. The molecule has 13 heavy (non-hydrogen) atoms. The zero-order valence-electron chi connectivity index (χ0n) is 7.00. The van der Waals surface area contributed by atoms with Crippen molar-refractivity contribution >= 4 is 69.1 Å². The highest BCUT2D eigenvalue weighted by atomic mass is 127. The number of aliphatic imine (C=N–C) groups is 1. The van der Waals surface area contributed by atoms with E-state index in [1.807, 2.05) is 0 Å². The summed E-state index contributed by atoms with van der Waals surface area (Å²) < 4.78 is -0.438. The third kappa shape index (κ3) is 7.64. The van der Waals surface area contributed by atoms with E-state index in [2.05, 4.69) is 49.8 Å². The molecule has 0 saturated carbocycles. The Balaban J connectivity index is 4.46. The van der Waals surface area contributed by atoms with Gasteiger partial charge in [0.1, 0.15) is 3.03 Å². The minimum atomic E-state index is -0.789. The number of rotatable bonds is 5. The predicted octanol–water partition coefficient (Wildman–Crippen LogP) is 1.20. The summed E-state index contributed by atoms with van der Waals surface area (Å²) in [4.78, 5) is 3.90. The van der Waals surface area contributed by atoms with Crippen molar-refractivity contribution in [3.05, 3.63) is 0 Å². The molecular weight excluding hydrogens is 355 g/mol. The molecule has 0 spiro atoms. The van der Waals surface area contributed by atoms with Gasteiger partial charge in [0.05, 0.1) is 6.30 Å². The lowest BCUT2D eigenvalue weighted by Crippen LogP contribution is -2.33. The van der Waals surface area contributed by atoms with Crippen LogP contribution in [0.5, 0.6) is 0 Å². The zero-order valence-corrected chi connectivity index (χ0v) is 13.2. The molecule has 0 aromatic heterocycles. The van der Waals surface area contributed by atoms with Crippen molar-refractivity contribution in [1.82, 2.24) is 0 Å². The first-order valence-electron chi connectivity index (χ1n) is 3.14. The van der Waals surface area contributed by atoms with E-state index in [0.717, 1.165) is 0 Å². The number of hydrogen-bond acceptors (Lipinski definition) is 4. The smallest absolute Gasteiger partial charge is 0.191 e. The summed E-state index contributed by atoms with van der Waals surface area (Å²) in [7, 11) is 2.30. The first-order chi connectivity index (χ1) is 5.68. The highest BCUT2D eigenvalue weighted by Gasteiger charge is 2.35. The Hall–Kier alpha value is 1.74. The van der Waals surface area contributed by atoms with Gasteiger partial charge in [-0.2, -0.15) is 5.50 Å². The number of halogens is 1. The lowest BCUT2D eigenvalue weighted by molar-refractivity contribution is 0.905. The standard InChI is InChI=1S/C4H14IN4P4/c1-9-4(7,12-13(2)8)11-3(5,6)10/h11-12H,1-2,6-8,10H2/q+1. The first kappa shape index (κ1) is 14.7. The molecule has 6 atom stereocenters. The molecule has 4 nitrogen and oxygen atoms in total. The molecule has 0 radical (unpaired) electrons. The van der Waals surface area contributed by atoms with Crippen molar-refractivity contribution < 1.29 is 0 Å². The zero-order chi connectivity index (χ0) is 10.7. The fraction of sp³-hybridized carbons (Fsp3) is 0.500. The van der Waals surface area contributed by atoms with Gasteiger partial charge >= 0.3 is 0 Å². The molecule has 0 aromatic rings. The van der Waals surface area contributed by atoms with E-state index in [1.165, 1.54) is 0 Å². The normalized spacial score (nSPS) is 23.3. The van der Waals surface area contributed by atoms with Crippen LogP contribution >= 0.6 is 56.1 Å². The molecule has 0 rings (SSSR count). The van der Waals surface area contributed by atoms with Gasteiger partial charge in [-0.1, -0.05) is 22.6 Å². The lowest BCUT2D eigenvalue weighted by atomic mass is 11.1. The lowest BCUT2D eigenvalue weighted by Gasteiger charge is -2.27. The maximum atomic E-state index is 5.98. The van der Waals surface area contributed by atoms with Crippen molar-refractivity contribution in [2.45, 2.75) is 8.17 Å². The maximum absolute atomic E-state index is 5.98. The van der Waals surface area contributed by atoms with Gasteiger partial charge in [0.25, 0.3) is 0 Å². The van der Waals surface area contributed by atoms with Crippen LogP contribution in [-0.2, 0) is 0 Å². The highest BCUT2D eigenvalue weighted by molar-refractivity contribution is 14.1. The number of alkyl halides is 1. The second kappa shape index (κ2) is 5.72. The van der Waals surface area contributed by atoms with E-state index < -0.39 is 15.6 Å². The Bertz CT molecular complexity index is 217. The first-order valence-corrected chi connectivity index (χ1v) is 9.24. The largest absolute Gasteiger partial charge is 0.310 e. The molecule has 0 bridgehead atoms. The quantitative estimate of drug-likeness (QED) is 0.224. The van der Waals surface area contributed by atoms with Gasteiger partial charge in [-0.05, 0) is 15.3 Å². The summed E-state index contributed by atoms with van der Waals surface area (Å²) in [5, 5.41) is -0.695. The Morgan fingerprint density at radius 1 is 1.54 bits per heavy atom. The van der Waals surface area contributed by atoms with Crippen LogP contribution in [0.25, 0.3) is 0 Å². The van der Waals surface area contributed by atoms with E-state index in [1.54, 1.807) is 0 Å². The minimum absolute atomic E-state index is 0.263. The molecule has 0 aliphatic rings. The average Bonchev–Trinajstić information content (AvgIpc) is 1.81. The van der Waals surface area contributed by atoms with Crippen molar-refractivity contribution in [3.8, 4) is 0 Å². The van der Waals surface area contributed by atoms with Crippen LogP contribution in [0.15, 0.2) is 4.99 Å². The molecule has 0 aliphatic heterocycles. The molecular formula is C4H14IN4P4+. The molecule has 0 aromatic carbocycles. The monoisotopic (exact) mass is 369 g/mol. The Kier molecular flexibility index (Phi) is 6.49. The third-order valence-corrected chi connectivity index (χ3v) is 7.16. The van der Waals surface area contributed by atoms with E-state index in [4.69, 9.17) is 17.0 Å². The summed E-state index contributed by atoms with van der Waals surface area (Å²) in [5.74, 6) is 0. The fourth-order valence-corrected chi connectivity index (χ4v) is 9.04. The van der Waals surface area contributed by atoms with Crippen LogP contribution in [0.2, 0.25) is 0 Å². The van der Waals surface area contributed by atoms with Gasteiger partial charge < -0.3 is 5.73 Å². The molecule has 9 heteroatoms. The third-order valence-electron chi connectivity index (χ3n) is 0.946. The van der Waals surface area contributed by atoms with Gasteiger partial charge in [-0.15, -0.1) is 9.24 Å². The SMILES string of the molecule is C=NC(N)(P[P+](=C)N)PC(N)(P)I. The van der Waals surface area contributed by atoms with Crippen LogP contribution in [0.4, 0.5) is 0 Å². The summed E-state index contributed by atoms with van der Waals surface area (Å²) >= 11 is 2.11. The molecule has 0 aliphatic carbocycles. The van der Waals surface area contributed by atoms with Crippen molar-refractivity contribution in [3.63, 3.8) is 0 Å². The molecule has 0 amide bonds. The maximum Gasteiger partial charge on any atom is 0.191 e. The Morgan fingerprint density at radius 2 is 2.00 bits per heavy atom. The van der Waals surface area contributed by atoms with Gasteiger partial charge in [0, 0.05) is 0 Å². The second-order valence-electron chi connectivity index (χ2n) is 2.40. The topological polar surface area (TPSA) is 90.4 Å². The van der Waals surface area contributed by atoms with Gasteiger partial charge in [-0.25, -0.2) is 0 Å². The van der Waals surface area contributed by atoms with Crippen LogP contribution in [-0.4, -0.2) is 21.2 Å². The second-order valence-corrected chi connectivity index (χ2v) is 14.5. The van der Waals surface area contributed by atoms with Gasteiger partial charge in [-0.3, -0.25) is 10.7 Å². The van der Waals surface area contributed by atoms with Crippen LogP contribution < -0.4 is 17.0 Å². The summed E-state index contributed by atoms with van der Waals surface area (Å²) in [5.41, 5.74) is 17.4. The van der Waals surface area contributed by atoms with E-state index in [-0.39, 0.29) is 8.58 Å². The minimum Gasteiger partial charge on any atom is -0.310 e. The summed E-state index contributed by atoms with van der Waals surface area (Å²) in [6, 6.07) is 0. The molecule has 0 fully saturated rings. The number of nitrogens with zero attached hydrogens (tertiary/aromatic N) is 1.